The number of rotatable bonds is 9. The van der Waals surface area contributed by atoms with E-state index in [1.54, 1.807) is 18.3 Å². The van der Waals surface area contributed by atoms with Crippen LogP contribution >= 0.6 is 11.6 Å². The number of nitrogens with zero attached hydrogens (tertiary/aromatic N) is 6. The van der Waals surface area contributed by atoms with Crippen LogP contribution in [-0.2, 0) is 5.44 Å². The maximum absolute atomic E-state index is 13.9. The molecule has 11 heteroatoms. The van der Waals surface area contributed by atoms with Crippen molar-refractivity contribution in [2.75, 3.05) is 30.8 Å². The molecule has 2 aliphatic rings. The maximum atomic E-state index is 13.9. The summed E-state index contributed by atoms with van der Waals surface area (Å²) in [6.45, 7) is 4.32. The van der Waals surface area contributed by atoms with E-state index < -0.39 is 5.44 Å². The molecule has 2 fully saturated rings. The second-order valence-corrected chi connectivity index (χ2v) is 12.3. The number of likely N-dealkylation sites (tertiary alicyclic amines) is 1. The molecule has 1 aliphatic carbocycles. The van der Waals surface area contributed by atoms with Crippen molar-refractivity contribution in [1.29, 1.82) is 5.26 Å². The van der Waals surface area contributed by atoms with E-state index in [0.717, 1.165) is 67.5 Å². The standard InChI is InChI=1S/C31H35BClFN8/c1-3-27(19-10-12-41(2)13-11-19)37-29-20(16-35)17-36-30-25(29)14-23(15-26(30)33)38-31(32,21-4-6-22(34)7-5-21)28-18-42(40-39-28)24-8-9-24/h4-7,14-15,17-19,24,27,38H,3,8-13,32H2,1-2H3,(H,36,37). The van der Waals surface area contributed by atoms with Crippen molar-refractivity contribution in [3.8, 4) is 6.07 Å². The van der Waals surface area contributed by atoms with E-state index in [2.05, 4.69) is 50.9 Å². The molecular formula is C31H35BClFN8. The van der Waals surface area contributed by atoms with E-state index >= 15 is 0 Å². The van der Waals surface area contributed by atoms with E-state index in [9.17, 15) is 9.65 Å². The molecule has 2 atom stereocenters. The van der Waals surface area contributed by atoms with Crippen LogP contribution in [0.25, 0.3) is 10.9 Å². The van der Waals surface area contributed by atoms with Crippen molar-refractivity contribution in [2.24, 2.45) is 5.92 Å². The number of nitrogens with one attached hydrogen (secondary N) is 2. The number of piperidine rings is 1. The van der Waals surface area contributed by atoms with E-state index in [4.69, 9.17) is 11.6 Å². The van der Waals surface area contributed by atoms with Gasteiger partial charge in [0.05, 0.1) is 39.5 Å². The van der Waals surface area contributed by atoms with Crippen molar-refractivity contribution in [3.05, 3.63) is 76.5 Å². The van der Waals surface area contributed by atoms with Crippen LogP contribution in [0.2, 0.25) is 5.02 Å². The van der Waals surface area contributed by atoms with Crippen molar-refractivity contribution in [2.45, 2.75) is 56.5 Å². The third kappa shape index (κ3) is 5.56. The SMILES string of the molecule is BC(Nc1cc(Cl)c2ncc(C#N)c(NC(CC)C3CCN(C)CC3)c2c1)(c1ccc(F)cc1)c1cn(C2CC2)nn1. The normalized spacial score (nSPS) is 18.4. The molecule has 2 aromatic heterocycles. The molecule has 2 aromatic carbocycles. The lowest BCUT2D eigenvalue weighted by Crippen LogP contribution is -2.38. The highest BCUT2D eigenvalue weighted by atomic mass is 35.5. The third-order valence-electron chi connectivity index (χ3n) is 8.91. The van der Waals surface area contributed by atoms with Gasteiger partial charge in [-0.15, -0.1) is 5.10 Å². The second-order valence-electron chi connectivity index (χ2n) is 11.9. The minimum atomic E-state index is -0.841. The number of hydrogen-bond acceptors (Lipinski definition) is 7. The first-order valence-electron chi connectivity index (χ1n) is 14.7. The van der Waals surface area contributed by atoms with Gasteiger partial charge in [0.25, 0.3) is 0 Å². The Morgan fingerprint density at radius 3 is 2.60 bits per heavy atom. The quantitative estimate of drug-likeness (QED) is 0.258. The van der Waals surface area contributed by atoms with E-state index in [1.807, 2.05) is 30.9 Å². The predicted octanol–water partition coefficient (Wildman–Crippen LogP) is 5.30. The van der Waals surface area contributed by atoms with Gasteiger partial charge in [-0.2, -0.15) is 5.26 Å². The zero-order valence-corrected chi connectivity index (χ0v) is 25.0. The summed E-state index contributed by atoms with van der Waals surface area (Å²) in [5.74, 6) is 0.200. The van der Waals surface area contributed by atoms with Crippen LogP contribution in [-0.4, -0.2) is 58.9 Å². The van der Waals surface area contributed by atoms with Crippen molar-refractivity contribution < 1.29 is 4.39 Å². The summed E-state index contributed by atoms with van der Waals surface area (Å²) in [7, 11) is 4.17. The second kappa shape index (κ2) is 11.5. The summed E-state index contributed by atoms with van der Waals surface area (Å²) in [5, 5.41) is 27.6. The fraction of sp³-hybridized carbons (Fsp3) is 0.419. The van der Waals surface area contributed by atoms with Crippen molar-refractivity contribution >= 4 is 41.7 Å². The van der Waals surface area contributed by atoms with Gasteiger partial charge in [0.1, 0.15) is 25.4 Å². The molecule has 4 aromatic rings. The highest BCUT2D eigenvalue weighted by molar-refractivity contribution is 6.36. The molecule has 216 valence electrons. The Bertz CT molecular complexity index is 1620. The molecule has 0 amide bonds. The Hall–Kier alpha value is -3.68. The number of aromatic nitrogens is 4. The van der Waals surface area contributed by atoms with Gasteiger partial charge < -0.3 is 15.5 Å². The fourth-order valence-corrected chi connectivity index (χ4v) is 6.39. The summed E-state index contributed by atoms with van der Waals surface area (Å²) < 4.78 is 15.8. The van der Waals surface area contributed by atoms with Gasteiger partial charge in [-0.3, -0.25) is 4.98 Å². The summed E-state index contributed by atoms with van der Waals surface area (Å²) >= 11 is 6.86. The minimum absolute atomic E-state index is 0.216. The number of benzene rings is 2. The molecule has 3 heterocycles. The number of halogens is 2. The summed E-state index contributed by atoms with van der Waals surface area (Å²) in [4.78, 5) is 6.93. The molecule has 0 radical (unpaired) electrons. The zero-order chi connectivity index (χ0) is 29.4. The monoisotopic (exact) mass is 584 g/mol. The molecule has 1 saturated heterocycles. The Kier molecular flexibility index (Phi) is 7.82. The topological polar surface area (TPSA) is 94.7 Å². The van der Waals surface area contributed by atoms with Crippen molar-refractivity contribution in [1.82, 2.24) is 24.9 Å². The number of fused-ring (bicyclic) bond motifs is 1. The predicted molar refractivity (Wildman–Crippen MR) is 167 cm³/mol. The molecule has 2 N–H and O–H groups in total. The average Bonchev–Trinajstić information content (AvgIpc) is 3.72. The highest BCUT2D eigenvalue weighted by Crippen LogP contribution is 2.39. The molecule has 1 saturated carbocycles. The van der Waals surface area contributed by atoms with E-state index in [-0.39, 0.29) is 11.9 Å². The lowest BCUT2D eigenvalue weighted by atomic mass is 9.69. The van der Waals surface area contributed by atoms with Crippen LogP contribution < -0.4 is 10.6 Å². The Labute approximate surface area is 251 Å². The maximum Gasteiger partial charge on any atom is 0.148 e. The van der Waals surface area contributed by atoms with Crippen LogP contribution in [0.15, 0.2) is 48.8 Å². The number of anilines is 2. The zero-order valence-electron chi connectivity index (χ0n) is 24.2. The lowest BCUT2D eigenvalue weighted by Gasteiger charge is -2.35. The Balaban J connectivity index is 1.41. The molecule has 0 spiro atoms. The van der Waals surface area contributed by atoms with E-state index in [0.29, 0.717) is 33.8 Å². The van der Waals surface area contributed by atoms with Gasteiger partial charge in [-0.1, -0.05) is 35.9 Å². The molecular weight excluding hydrogens is 550 g/mol. The summed E-state index contributed by atoms with van der Waals surface area (Å²) in [5.41, 5.74) is 3.30. The average molecular weight is 585 g/mol. The number of hydrogen-bond donors (Lipinski definition) is 2. The van der Waals surface area contributed by atoms with Gasteiger partial charge >= 0.3 is 0 Å². The first-order chi connectivity index (χ1) is 20.3. The minimum Gasteiger partial charge on any atom is -0.380 e. The highest BCUT2D eigenvalue weighted by Gasteiger charge is 2.35. The summed E-state index contributed by atoms with van der Waals surface area (Å²) in [6, 6.07) is 13.2. The molecule has 42 heavy (non-hydrogen) atoms. The first kappa shape index (κ1) is 28.4. The number of nitriles is 1. The summed E-state index contributed by atoms with van der Waals surface area (Å²) in [6.07, 6.45) is 8.90. The van der Waals surface area contributed by atoms with Gasteiger partial charge in [-0.05, 0) is 88.0 Å². The molecule has 2 unspecified atom stereocenters. The van der Waals surface area contributed by atoms with Gasteiger partial charge in [0.2, 0.25) is 0 Å². The molecule has 1 aliphatic heterocycles. The van der Waals surface area contributed by atoms with Crippen LogP contribution in [0, 0.1) is 23.1 Å². The van der Waals surface area contributed by atoms with Gasteiger partial charge in [0.15, 0.2) is 0 Å². The molecule has 6 rings (SSSR count). The van der Waals surface area contributed by atoms with E-state index in [1.165, 1.54) is 12.1 Å². The van der Waals surface area contributed by atoms with Gasteiger partial charge in [-0.25, -0.2) is 9.07 Å². The van der Waals surface area contributed by atoms with Crippen LogP contribution in [0.4, 0.5) is 15.8 Å². The molecule has 8 nitrogen and oxygen atoms in total. The fourth-order valence-electron chi connectivity index (χ4n) is 6.12. The lowest BCUT2D eigenvalue weighted by molar-refractivity contribution is 0.202. The van der Waals surface area contributed by atoms with Crippen LogP contribution in [0.3, 0.4) is 0 Å². The molecule has 0 bridgehead atoms. The largest absolute Gasteiger partial charge is 0.380 e. The van der Waals surface area contributed by atoms with Crippen LogP contribution in [0.1, 0.15) is 61.9 Å². The smallest absolute Gasteiger partial charge is 0.148 e. The van der Waals surface area contributed by atoms with Gasteiger partial charge in [0, 0.05) is 23.3 Å². The number of pyridine rings is 1. The van der Waals surface area contributed by atoms with Crippen LogP contribution in [0.5, 0.6) is 0 Å². The first-order valence-corrected chi connectivity index (χ1v) is 15.1. The third-order valence-corrected chi connectivity index (χ3v) is 9.19. The Morgan fingerprint density at radius 1 is 1.19 bits per heavy atom. The Morgan fingerprint density at radius 2 is 1.93 bits per heavy atom. The van der Waals surface area contributed by atoms with Crippen molar-refractivity contribution in [3.63, 3.8) is 0 Å².